The number of rotatable bonds is 3. The number of hydrogen-bond donors (Lipinski definition) is 1. The van der Waals surface area contributed by atoms with Crippen LogP contribution >= 0.6 is 0 Å². The zero-order chi connectivity index (χ0) is 10.3. The highest BCUT2D eigenvalue weighted by molar-refractivity contribution is 5.72. The number of halogens is 1. The number of carbonyl (C=O) groups is 1. The molecule has 2 aliphatic rings. The van der Waals surface area contributed by atoms with E-state index >= 15 is 0 Å². The van der Waals surface area contributed by atoms with Crippen LogP contribution in [0.1, 0.15) is 32.6 Å². The summed E-state index contributed by atoms with van der Waals surface area (Å²) in [4.78, 5) is 10.5. The Balaban J connectivity index is 1.98. The third-order valence-corrected chi connectivity index (χ3v) is 4.17. The number of fused-ring (bicyclic) bond motifs is 2. The van der Waals surface area contributed by atoms with Gasteiger partial charge < -0.3 is 5.11 Å². The Hall–Kier alpha value is -0.600. The second-order valence-corrected chi connectivity index (χ2v) is 4.94. The molecule has 0 amide bonds. The summed E-state index contributed by atoms with van der Waals surface area (Å²) in [6.45, 7) is 1.75. The molecule has 2 fully saturated rings. The average molecular weight is 200 g/mol. The second-order valence-electron chi connectivity index (χ2n) is 4.94. The quantitative estimate of drug-likeness (QED) is 0.760. The van der Waals surface area contributed by atoms with Gasteiger partial charge in [-0.3, -0.25) is 0 Å². The highest BCUT2D eigenvalue weighted by Crippen LogP contribution is 2.51. The number of carboxylic acid groups (broad SMARTS) is 1. The summed E-state index contributed by atoms with van der Waals surface area (Å²) >= 11 is 0. The van der Waals surface area contributed by atoms with E-state index in [0.717, 1.165) is 12.3 Å². The van der Waals surface area contributed by atoms with E-state index in [1.807, 2.05) is 0 Å². The molecule has 2 aliphatic carbocycles. The van der Waals surface area contributed by atoms with Crippen molar-refractivity contribution in [1.29, 1.82) is 0 Å². The maximum atomic E-state index is 13.3. The third kappa shape index (κ3) is 1.53. The van der Waals surface area contributed by atoms with E-state index in [9.17, 15) is 9.18 Å². The Labute approximate surface area is 83.5 Å². The van der Waals surface area contributed by atoms with Crippen LogP contribution < -0.4 is 0 Å². The van der Waals surface area contributed by atoms with E-state index in [4.69, 9.17) is 5.11 Å². The third-order valence-electron chi connectivity index (χ3n) is 4.17. The van der Waals surface area contributed by atoms with Gasteiger partial charge in [-0.15, -0.1) is 0 Å². The molecule has 1 N–H and O–H groups in total. The van der Waals surface area contributed by atoms with Gasteiger partial charge in [0, 0.05) is 5.92 Å². The van der Waals surface area contributed by atoms with Crippen molar-refractivity contribution in [2.45, 2.75) is 38.8 Å². The molecular formula is C11H17FO2. The van der Waals surface area contributed by atoms with Crippen LogP contribution in [0.4, 0.5) is 4.39 Å². The maximum Gasteiger partial charge on any atom is 0.338 e. The molecule has 0 aromatic rings. The zero-order valence-corrected chi connectivity index (χ0v) is 8.45. The minimum atomic E-state index is -1.67. The van der Waals surface area contributed by atoms with Crippen molar-refractivity contribution in [3.05, 3.63) is 0 Å². The number of hydrogen-bond acceptors (Lipinski definition) is 1. The first kappa shape index (κ1) is 9.94. The standard InChI is InChI=1S/C11H17FO2/c1-6(10(12)11(13)14)9-5-7-2-3-8(9)4-7/h6-10H,2-5H2,1H3,(H,13,14). The Morgan fingerprint density at radius 1 is 1.43 bits per heavy atom. The van der Waals surface area contributed by atoms with E-state index < -0.39 is 12.1 Å². The van der Waals surface area contributed by atoms with Gasteiger partial charge in [-0.2, -0.15) is 0 Å². The summed E-state index contributed by atoms with van der Waals surface area (Å²) < 4.78 is 13.3. The molecule has 2 rings (SSSR count). The fourth-order valence-electron chi connectivity index (χ4n) is 3.38. The van der Waals surface area contributed by atoms with Crippen LogP contribution in [0.2, 0.25) is 0 Å². The molecule has 80 valence electrons. The molecule has 2 nitrogen and oxygen atoms in total. The molecule has 2 bridgehead atoms. The SMILES string of the molecule is CC(C(F)C(=O)O)C1CC2CCC1C2. The predicted molar refractivity (Wildman–Crippen MR) is 50.6 cm³/mol. The van der Waals surface area contributed by atoms with Crippen LogP contribution in [0.3, 0.4) is 0 Å². The predicted octanol–water partition coefficient (Wildman–Crippen LogP) is 2.48. The molecule has 0 aromatic heterocycles. The zero-order valence-electron chi connectivity index (χ0n) is 8.45. The first-order valence-electron chi connectivity index (χ1n) is 5.46. The molecular weight excluding hydrogens is 183 g/mol. The highest BCUT2D eigenvalue weighted by atomic mass is 19.1. The lowest BCUT2D eigenvalue weighted by Crippen LogP contribution is -2.31. The van der Waals surface area contributed by atoms with Gasteiger partial charge in [-0.25, -0.2) is 9.18 Å². The normalized spacial score (nSPS) is 39.7. The van der Waals surface area contributed by atoms with Gasteiger partial charge in [-0.05, 0) is 37.0 Å². The first-order valence-corrected chi connectivity index (χ1v) is 5.46. The van der Waals surface area contributed by atoms with Crippen molar-refractivity contribution in [2.75, 3.05) is 0 Å². The van der Waals surface area contributed by atoms with E-state index in [0.29, 0.717) is 11.8 Å². The molecule has 0 saturated heterocycles. The Morgan fingerprint density at radius 2 is 2.14 bits per heavy atom. The summed E-state index contributed by atoms with van der Waals surface area (Å²) in [6.07, 6.45) is 3.06. The van der Waals surface area contributed by atoms with Gasteiger partial charge in [0.05, 0.1) is 0 Å². The molecule has 14 heavy (non-hydrogen) atoms. The van der Waals surface area contributed by atoms with Gasteiger partial charge in [0.1, 0.15) is 0 Å². The van der Waals surface area contributed by atoms with Crippen molar-refractivity contribution < 1.29 is 14.3 Å². The second kappa shape index (κ2) is 3.52. The smallest absolute Gasteiger partial charge is 0.338 e. The van der Waals surface area contributed by atoms with Gasteiger partial charge in [0.15, 0.2) is 6.17 Å². The van der Waals surface area contributed by atoms with E-state index in [1.165, 1.54) is 19.3 Å². The van der Waals surface area contributed by atoms with Crippen molar-refractivity contribution in [3.63, 3.8) is 0 Å². The molecule has 2 saturated carbocycles. The minimum absolute atomic E-state index is 0.303. The van der Waals surface area contributed by atoms with Crippen LogP contribution in [0, 0.1) is 23.7 Å². The van der Waals surface area contributed by atoms with Crippen LogP contribution in [0.5, 0.6) is 0 Å². The molecule has 0 radical (unpaired) electrons. The molecule has 3 heteroatoms. The average Bonchev–Trinajstić information content (AvgIpc) is 2.76. The molecule has 5 unspecified atom stereocenters. The van der Waals surface area contributed by atoms with Crippen LogP contribution in [-0.4, -0.2) is 17.2 Å². The monoisotopic (exact) mass is 200 g/mol. The lowest BCUT2D eigenvalue weighted by atomic mass is 9.78. The summed E-state index contributed by atoms with van der Waals surface area (Å²) in [6, 6.07) is 0. The van der Waals surface area contributed by atoms with Gasteiger partial charge >= 0.3 is 5.97 Å². The van der Waals surface area contributed by atoms with E-state index in [-0.39, 0.29) is 5.92 Å². The van der Waals surface area contributed by atoms with Crippen molar-refractivity contribution >= 4 is 5.97 Å². The fourth-order valence-corrected chi connectivity index (χ4v) is 3.38. The topological polar surface area (TPSA) is 37.3 Å². The fraction of sp³-hybridized carbons (Fsp3) is 0.909. The van der Waals surface area contributed by atoms with Crippen molar-refractivity contribution in [2.24, 2.45) is 23.7 Å². The van der Waals surface area contributed by atoms with E-state index in [2.05, 4.69) is 0 Å². The largest absolute Gasteiger partial charge is 0.479 e. The van der Waals surface area contributed by atoms with Crippen LogP contribution in [0.15, 0.2) is 0 Å². The molecule has 0 spiro atoms. The van der Waals surface area contributed by atoms with Crippen LogP contribution in [0.25, 0.3) is 0 Å². The Kier molecular flexibility index (Phi) is 2.50. The summed E-state index contributed by atoms with van der Waals surface area (Å²) in [5.41, 5.74) is 0. The van der Waals surface area contributed by atoms with E-state index in [1.54, 1.807) is 6.92 Å². The lowest BCUT2D eigenvalue weighted by Gasteiger charge is -2.28. The number of carboxylic acids is 1. The minimum Gasteiger partial charge on any atom is -0.479 e. The Morgan fingerprint density at radius 3 is 2.57 bits per heavy atom. The molecule has 5 atom stereocenters. The summed E-state index contributed by atoms with van der Waals surface area (Å²) in [5.74, 6) is 0.0870. The number of aliphatic carboxylic acids is 1. The number of alkyl halides is 1. The summed E-state index contributed by atoms with van der Waals surface area (Å²) in [5, 5.41) is 8.61. The highest BCUT2D eigenvalue weighted by Gasteiger charge is 2.45. The van der Waals surface area contributed by atoms with Gasteiger partial charge in [-0.1, -0.05) is 13.3 Å². The maximum absolute atomic E-state index is 13.3. The van der Waals surface area contributed by atoms with Crippen LogP contribution in [-0.2, 0) is 4.79 Å². The van der Waals surface area contributed by atoms with Crippen molar-refractivity contribution in [3.8, 4) is 0 Å². The first-order chi connectivity index (χ1) is 6.59. The van der Waals surface area contributed by atoms with Gasteiger partial charge in [0.2, 0.25) is 0 Å². The Bertz CT molecular complexity index is 241. The molecule has 0 aromatic carbocycles. The summed E-state index contributed by atoms with van der Waals surface area (Å²) in [7, 11) is 0. The molecule has 0 aliphatic heterocycles. The molecule has 0 heterocycles. The lowest BCUT2D eigenvalue weighted by molar-refractivity contribution is -0.145. The van der Waals surface area contributed by atoms with Gasteiger partial charge in [0.25, 0.3) is 0 Å². The van der Waals surface area contributed by atoms with Crippen molar-refractivity contribution in [1.82, 2.24) is 0 Å².